The minimum atomic E-state index is -0.516. The van der Waals surface area contributed by atoms with Gasteiger partial charge in [-0.15, -0.1) is 0 Å². The molecular weight excluding hydrogens is 180 g/mol. The summed E-state index contributed by atoms with van der Waals surface area (Å²) in [4.78, 5) is 10.9. The van der Waals surface area contributed by atoms with Gasteiger partial charge in [0.15, 0.2) is 0 Å². The SMILES string of the molecule is C=C1OC(Cc2ccccc2)OC1=O. The molecule has 0 N–H and O–H groups in total. The standard InChI is InChI=1S/C11H10O3/c1-8-11(12)14-10(13-8)7-9-5-3-2-4-6-9/h2-6,10H,1,7H2. The van der Waals surface area contributed by atoms with Crippen molar-refractivity contribution in [3.05, 3.63) is 48.2 Å². The van der Waals surface area contributed by atoms with Crippen molar-refractivity contribution in [1.29, 1.82) is 0 Å². The minimum Gasteiger partial charge on any atom is -0.447 e. The molecule has 0 aromatic heterocycles. The maximum absolute atomic E-state index is 10.9. The predicted molar refractivity (Wildman–Crippen MR) is 50.3 cm³/mol. The van der Waals surface area contributed by atoms with Gasteiger partial charge in [0.05, 0.1) is 0 Å². The molecule has 1 fully saturated rings. The fourth-order valence-corrected chi connectivity index (χ4v) is 1.31. The van der Waals surface area contributed by atoms with Gasteiger partial charge >= 0.3 is 5.97 Å². The van der Waals surface area contributed by atoms with Crippen LogP contribution in [0.3, 0.4) is 0 Å². The zero-order valence-electron chi connectivity index (χ0n) is 7.60. The molecule has 0 aliphatic carbocycles. The van der Waals surface area contributed by atoms with E-state index < -0.39 is 12.3 Å². The molecule has 3 heteroatoms. The van der Waals surface area contributed by atoms with E-state index in [0.29, 0.717) is 6.42 Å². The Morgan fingerprint density at radius 1 is 1.21 bits per heavy atom. The molecule has 1 aromatic rings. The lowest BCUT2D eigenvalue weighted by Gasteiger charge is -2.07. The Kier molecular flexibility index (Phi) is 2.23. The van der Waals surface area contributed by atoms with Crippen molar-refractivity contribution in [2.45, 2.75) is 12.7 Å². The van der Waals surface area contributed by atoms with E-state index in [2.05, 4.69) is 6.58 Å². The number of ether oxygens (including phenoxy) is 2. The first-order valence-electron chi connectivity index (χ1n) is 4.36. The topological polar surface area (TPSA) is 35.5 Å². The van der Waals surface area contributed by atoms with Crippen molar-refractivity contribution < 1.29 is 14.3 Å². The zero-order chi connectivity index (χ0) is 9.97. The summed E-state index contributed by atoms with van der Waals surface area (Å²) in [6.07, 6.45) is 0.0448. The lowest BCUT2D eigenvalue weighted by atomic mass is 10.1. The second kappa shape index (κ2) is 3.54. The smallest absolute Gasteiger partial charge is 0.376 e. The Hall–Kier alpha value is -1.77. The first-order chi connectivity index (χ1) is 6.75. The number of rotatable bonds is 2. The molecule has 2 rings (SSSR count). The van der Waals surface area contributed by atoms with Crippen molar-refractivity contribution in [3.63, 3.8) is 0 Å². The van der Waals surface area contributed by atoms with Crippen LogP contribution in [0.25, 0.3) is 0 Å². The van der Waals surface area contributed by atoms with Gasteiger partial charge in [0.25, 0.3) is 0 Å². The minimum absolute atomic E-state index is 0.0888. The van der Waals surface area contributed by atoms with Crippen LogP contribution < -0.4 is 0 Å². The maximum Gasteiger partial charge on any atom is 0.376 e. The molecule has 0 saturated carbocycles. The highest BCUT2D eigenvalue weighted by Crippen LogP contribution is 2.18. The van der Waals surface area contributed by atoms with Gasteiger partial charge < -0.3 is 9.47 Å². The molecule has 1 unspecified atom stereocenters. The summed E-state index contributed by atoms with van der Waals surface area (Å²) in [6.45, 7) is 3.43. The Bertz CT molecular complexity index is 340. The van der Waals surface area contributed by atoms with Crippen LogP contribution in [0.15, 0.2) is 42.7 Å². The highest BCUT2D eigenvalue weighted by atomic mass is 16.7. The third-order valence-corrected chi connectivity index (χ3v) is 1.99. The van der Waals surface area contributed by atoms with E-state index >= 15 is 0 Å². The average Bonchev–Trinajstić information content (AvgIpc) is 2.47. The Labute approximate surface area is 81.9 Å². The number of cyclic esters (lactones) is 1. The summed E-state index contributed by atoms with van der Waals surface area (Å²) in [5, 5.41) is 0. The number of benzene rings is 1. The van der Waals surface area contributed by atoms with Crippen LogP contribution in [-0.4, -0.2) is 12.3 Å². The fourth-order valence-electron chi connectivity index (χ4n) is 1.31. The normalized spacial score (nSPS) is 20.4. The van der Waals surface area contributed by atoms with E-state index in [1.165, 1.54) is 0 Å². The van der Waals surface area contributed by atoms with E-state index in [0.717, 1.165) is 5.56 Å². The van der Waals surface area contributed by atoms with Gasteiger partial charge in [-0.3, -0.25) is 0 Å². The average molecular weight is 190 g/mol. The van der Waals surface area contributed by atoms with Gasteiger partial charge in [0, 0.05) is 6.42 Å². The molecule has 0 radical (unpaired) electrons. The van der Waals surface area contributed by atoms with Crippen molar-refractivity contribution in [3.8, 4) is 0 Å². The summed E-state index contributed by atoms with van der Waals surface area (Å²) >= 11 is 0. The zero-order valence-corrected chi connectivity index (χ0v) is 7.60. The van der Waals surface area contributed by atoms with Crippen LogP contribution >= 0.6 is 0 Å². The molecule has 72 valence electrons. The van der Waals surface area contributed by atoms with Gasteiger partial charge in [0.2, 0.25) is 12.0 Å². The number of carbonyl (C=O) groups excluding carboxylic acids is 1. The first kappa shape index (κ1) is 8.81. The van der Waals surface area contributed by atoms with Gasteiger partial charge in [-0.25, -0.2) is 4.79 Å². The Morgan fingerprint density at radius 3 is 2.50 bits per heavy atom. The Morgan fingerprint density at radius 2 is 1.93 bits per heavy atom. The van der Waals surface area contributed by atoms with Gasteiger partial charge in [-0.1, -0.05) is 30.3 Å². The van der Waals surface area contributed by atoms with Crippen LogP contribution in [0, 0.1) is 0 Å². The number of hydrogen-bond acceptors (Lipinski definition) is 3. The molecule has 1 aliphatic heterocycles. The molecule has 0 bridgehead atoms. The number of hydrogen-bond donors (Lipinski definition) is 0. The van der Waals surface area contributed by atoms with E-state index in [1.807, 2.05) is 30.3 Å². The molecule has 1 atom stereocenters. The molecular formula is C11H10O3. The molecule has 1 heterocycles. The van der Waals surface area contributed by atoms with Gasteiger partial charge in [0.1, 0.15) is 0 Å². The van der Waals surface area contributed by atoms with Crippen LogP contribution in [0.1, 0.15) is 5.56 Å². The number of esters is 1. The lowest BCUT2D eigenvalue weighted by Crippen LogP contribution is -2.11. The predicted octanol–water partition coefficient (Wildman–Crippen LogP) is 1.64. The first-order valence-corrected chi connectivity index (χ1v) is 4.36. The van der Waals surface area contributed by atoms with Gasteiger partial charge in [-0.05, 0) is 12.1 Å². The van der Waals surface area contributed by atoms with Crippen LogP contribution in [0.4, 0.5) is 0 Å². The van der Waals surface area contributed by atoms with Crippen molar-refractivity contribution in [2.75, 3.05) is 0 Å². The molecule has 3 nitrogen and oxygen atoms in total. The molecule has 14 heavy (non-hydrogen) atoms. The van der Waals surface area contributed by atoms with Crippen LogP contribution in [0.2, 0.25) is 0 Å². The molecule has 0 amide bonds. The van der Waals surface area contributed by atoms with E-state index in [-0.39, 0.29) is 5.76 Å². The summed E-state index contributed by atoms with van der Waals surface area (Å²) < 4.78 is 10.0. The Balaban J connectivity index is 2.00. The second-order valence-electron chi connectivity index (χ2n) is 3.07. The van der Waals surface area contributed by atoms with Crippen LogP contribution in [0.5, 0.6) is 0 Å². The van der Waals surface area contributed by atoms with Gasteiger partial charge in [-0.2, -0.15) is 0 Å². The highest BCUT2D eigenvalue weighted by Gasteiger charge is 2.28. The summed E-state index contributed by atoms with van der Waals surface area (Å²) in [6, 6.07) is 9.71. The summed E-state index contributed by atoms with van der Waals surface area (Å²) in [7, 11) is 0. The third kappa shape index (κ3) is 1.76. The number of carbonyl (C=O) groups is 1. The third-order valence-electron chi connectivity index (χ3n) is 1.99. The monoisotopic (exact) mass is 190 g/mol. The summed E-state index contributed by atoms with van der Waals surface area (Å²) in [5.74, 6) is -0.378. The van der Waals surface area contributed by atoms with Crippen molar-refractivity contribution >= 4 is 5.97 Å². The largest absolute Gasteiger partial charge is 0.447 e. The second-order valence-corrected chi connectivity index (χ2v) is 3.07. The fraction of sp³-hybridized carbons (Fsp3) is 0.182. The molecule has 1 saturated heterocycles. The van der Waals surface area contributed by atoms with Crippen molar-refractivity contribution in [1.82, 2.24) is 0 Å². The quantitative estimate of drug-likeness (QED) is 0.525. The highest BCUT2D eigenvalue weighted by molar-refractivity contribution is 5.87. The van der Waals surface area contributed by atoms with E-state index in [9.17, 15) is 4.79 Å². The molecule has 1 aromatic carbocycles. The van der Waals surface area contributed by atoms with E-state index in [4.69, 9.17) is 9.47 Å². The van der Waals surface area contributed by atoms with Crippen LogP contribution in [-0.2, 0) is 20.7 Å². The molecule has 0 spiro atoms. The van der Waals surface area contributed by atoms with E-state index in [1.54, 1.807) is 0 Å². The lowest BCUT2D eigenvalue weighted by molar-refractivity contribution is -0.142. The molecule has 1 aliphatic rings. The van der Waals surface area contributed by atoms with Crippen molar-refractivity contribution in [2.24, 2.45) is 0 Å². The summed E-state index contributed by atoms with van der Waals surface area (Å²) in [5.41, 5.74) is 1.07. The maximum atomic E-state index is 10.9.